The molecule has 26 heavy (non-hydrogen) atoms. The van der Waals surface area contributed by atoms with Crippen LogP contribution in [-0.4, -0.2) is 11.7 Å². The molecule has 1 amide bonds. The predicted molar refractivity (Wildman–Crippen MR) is 100 cm³/mol. The summed E-state index contributed by atoms with van der Waals surface area (Å²) in [5.41, 5.74) is 2.65. The van der Waals surface area contributed by atoms with Crippen LogP contribution in [0.3, 0.4) is 0 Å². The van der Waals surface area contributed by atoms with Crippen molar-refractivity contribution in [2.24, 2.45) is 5.92 Å². The fourth-order valence-corrected chi connectivity index (χ4v) is 4.56. The minimum Gasteiger partial charge on any atom is -0.325 e. The van der Waals surface area contributed by atoms with Crippen LogP contribution in [0.5, 0.6) is 0 Å². The van der Waals surface area contributed by atoms with E-state index in [2.05, 4.69) is 5.32 Å². The van der Waals surface area contributed by atoms with Crippen LogP contribution in [-0.2, 0) is 10.2 Å². The van der Waals surface area contributed by atoms with E-state index in [1.165, 1.54) is 0 Å². The van der Waals surface area contributed by atoms with Crippen molar-refractivity contribution in [3.63, 3.8) is 0 Å². The Labute approximate surface area is 151 Å². The molecule has 0 bridgehead atoms. The molecule has 0 unspecified atom stereocenters. The van der Waals surface area contributed by atoms with Gasteiger partial charge in [-0.1, -0.05) is 78.9 Å². The van der Waals surface area contributed by atoms with Gasteiger partial charge >= 0.3 is 0 Å². The number of anilines is 1. The molecule has 3 nitrogen and oxygen atoms in total. The van der Waals surface area contributed by atoms with Crippen molar-refractivity contribution in [3.8, 4) is 0 Å². The van der Waals surface area contributed by atoms with Gasteiger partial charge < -0.3 is 5.32 Å². The molecule has 0 saturated heterocycles. The first-order chi connectivity index (χ1) is 12.7. The fourth-order valence-electron chi connectivity index (χ4n) is 4.56. The van der Waals surface area contributed by atoms with E-state index in [-0.39, 0.29) is 23.5 Å². The zero-order chi connectivity index (χ0) is 17.7. The van der Waals surface area contributed by atoms with E-state index in [0.29, 0.717) is 5.56 Å². The Morgan fingerprint density at radius 1 is 0.808 bits per heavy atom. The Balaban J connectivity index is 1.68. The molecular weight excluding hydrogens is 322 g/mol. The van der Waals surface area contributed by atoms with E-state index < -0.39 is 5.41 Å². The second-order valence-electron chi connectivity index (χ2n) is 6.97. The molecule has 126 valence electrons. The average Bonchev–Trinajstić information content (AvgIpc) is 3.31. The summed E-state index contributed by atoms with van der Waals surface area (Å²) in [6, 6.07) is 26.9. The van der Waals surface area contributed by atoms with Gasteiger partial charge in [0, 0.05) is 23.1 Å². The van der Waals surface area contributed by atoms with Crippen molar-refractivity contribution in [1.29, 1.82) is 0 Å². The van der Waals surface area contributed by atoms with E-state index in [0.717, 1.165) is 16.8 Å². The van der Waals surface area contributed by atoms with Crippen molar-refractivity contribution < 1.29 is 9.59 Å². The standard InChI is InChI=1S/C23H17NO2/c25-21(16-11-5-2-6-12-16)20-19(15-9-3-1-4-10-15)23(20)17-13-7-8-14-18(17)24-22(23)26/h1-14,19-20H,(H,24,26)/t19-,20+,23-/m0/s1. The molecule has 3 heteroatoms. The van der Waals surface area contributed by atoms with Gasteiger partial charge in [0.25, 0.3) is 0 Å². The van der Waals surface area contributed by atoms with Crippen LogP contribution < -0.4 is 5.32 Å². The van der Waals surface area contributed by atoms with Gasteiger partial charge in [-0.2, -0.15) is 0 Å². The van der Waals surface area contributed by atoms with Crippen molar-refractivity contribution in [2.45, 2.75) is 11.3 Å². The topological polar surface area (TPSA) is 46.2 Å². The first kappa shape index (κ1) is 15.1. The number of hydrogen-bond acceptors (Lipinski definition) is 2. The molecule has 1 saturated carbocycles. The molecule has 1 spiro atoms. The lowest BCUT2D eigenvalue weighted by Gasteiger charge is -2.09. The number of fused-ring (bicyclic) bond motifs is 2. The van der Waals surface area contributed by atoms with Gasteiger partial charge in [0.15, 0.2) is 5.78 Å². The molecule has 1 aliphatic carbocycles. The zero-order valence-electron chi connectivity index (χ0n) is 14.1. The highest BCUT2D eigenvalue weighted by Crippen LogP contribution is 2.70. The molecule has 1 aliphatic heterocycles. The van der Waals surface area contributed by atoms with E-state index in [4.69, 9.17) is 0 Å². The molecular formula is C23H17NO2. The van der Waals surface area contributed by atoms with Gasteiger partial charge in [0.2, 0.25) is 5.91 Å². The summed E-state index contributed by atoms with van der Waals surface area (Å²) in [5.74, 6) is -0.552. The summed E-state index contributed by atoms with van der Waals surface area (Å²) >= 11 is 0. The van der Waals surface area contributed by atoms with Crippen molar-refractivity contribution in [3.05, 3.63) is 102 Å². The smallest absolute Gasteiger partial charge is 0.236 e. The Kier molecular flexibility index (Phi) is 3.13. The monoisotopic (exact) mass is 339 g/mol. The molecule has 3 aromatic rings. The van der Waals surface area contributed by atoms with Crippen molar-refractivity contribution >= 4 is 17.4 Å². The lowest BCUT2D eigenvalue weighted by molar-refractivity contribution is -0.118. The summed E-state index contributed by atoms with van der Waals surface area (Å²) < 4.78 is 0. The number of carbonyl (C=O) groups excluding carboxylic acids is 2. The molecule has 1 heterocycles. The second kappa shape index (κ2) is 5.40. The van der Waals surface area contributed by atoms with Gasteiger partial charge in [0.1, 0.15) is 0 Å². The molecule has 3 atom stereocenters. The van der Waals surface area contributed by atoms with E-state index in [9.17, 15) is 9.59 Å². The number of carbonyl (C=O) groups is 2. The molecule has 3 aromatic carbocycles. The van der Waals surface area contributed by atoms with Gasteiger partial charge in [-0.15, -0.1) is 0 Å². The van der Waals surface area contributed by atoms with E-state index >= 15 is 0 Å². The first-order valence-corrected chi connectivity index (χ1v) is 8.79. The molecule has 0 radical (unpaired) electrons. The SMILES string of the molecule is O=C(c1ccccc1)[C@H]1[C@H](c2ccccc2)[C@]12C(=O)Nc1ccccc12. The summed E-state index contributed by atoms with van der Waals surface area (Å²) in [5, 5.41) is 3.00. The van der Waals surface area contributed by atoms with Crippen LogP contribution >= 0.6 is 0 Å². The maximum absolute atomic E-state index is 13.3. The molecule has 2 aliphatic rings. The maximum atomic E-state index is 13.3. The number of ketones is 1. The minimum absolute atomic E-state index is 0.0336. The van der Waals surface area contributed by atoms with Crippen LogP contribution in [0.4, 0.5) is 5.69 Å². The summed E-state index contributed by atoms with van der Waals surface area (Å²) in [6.45, 7) is 0. The Morgan fingerprint density at radius 3 is 2.15 bits per heavy atom. The average molecular weight is 339 g/mol. The van der Waals surface area contributed by atoms with Crippen LogP contribution in [0.2, 0.25) is 0 Å². The van der Waals surface area contributed by atoms with Crippen LogP contribution in [0.25, 0.3) is 0 Å². The van der Waals surface area contributed by atoms with Gasteiger partial charge in [-0.3, -0.25) is 9.59 Å². The number of hydrogen-bond donors (Lipinski definition) is 1. The first-order valence-electron chi connectivity index (χ1n) is 8.79. The van der Waals surface area contributed by atoms with Crippen LogP contribution in [0.15, 0.2) is 84.9 Å². The Morgan fingerprint density at radius 2 is 1.42 bits per heavy atom. The quantitative estimate of drug-likeness (QED) is 0.728. The number of amides is 1. The number of nitrogens with one attached hydrogen (secondary N) is 1. The molecule has 0 aromatic heterocycles. The minimum atomic E-state index is -0.801. The summed E-state index contributed by atoms with van der Waals surface area (Å²) in [7, 11) is 0. The third-order valence-electron chi connectivity index (χ3n) is 5.70. The molecule has 5 rings (SSSR count). The maximum Gasteiger partial charge on any atom is 0.236 e. The van der Waals surface area contributed by atoms with Crippen LogP contribution in [0.1, 0.15) is 27.4 Å². The van der Waals surface area contributed by atoms with Gasteiger partial charge in [0.05, 0.1) is 5.41 Å². The van der Waals surface area contributed by atoms with E-state index in [1.54, 1.807) is 0 Å². The van der Waals surface area contributed by atoms with Crippen molar-refractivity contribution in [1.82, 2.24) is 0 Å². The summed E-state index contributed by atoms with van der Waals surface area (Å²) in [6.07, 6.45) is 0. The third-order valence-corrected chi connectivity index (χ3v) is 5.70. The third kappa shape index (κ3) is 1.88. The number of Topliss-reactive ketones (excluding diaryl/α,β-unsaturated/α-hetero) is 1. The highest BCUT2D eigenvalue weighted by Gasteiger charge is 2.75. The number of rotatable bonds is 3. The second-order valence-corrected chi connectivity index (χ2v) is 6.97. The zero-order valence-corrected chi connectivity index (χ0v) is 14.1. The summed E-state index contributed by atoms with van der Waals surface area (Å²) in [4.78, 5) is 26.4. The molecule has 1 N–H and O–H groups in total. The van der Waals surface area contributed by atoms with Crippen LogP contribution in [0, 0.1) is 5.92 Å². The number of para-hydroxylation sites is 1. The fraction of sp³-hybridized carbons (Fsp3) is 0.130. The lowest BCUT2D eigenvalue weighted by atomic mass is 9.90. The largest absolute Gasteiger partial charge is 0.325 e. The molecule has 1 fully saturated rings. The highest BCUT2D eigenvalue weighted by atomic mass is 16.2. The highest BCUT2D eigenvalue weighted by molar-refractivity contribution is 6.17. The normalized spacial score (nSPS) is 25.6. The van der Waals surface area contributed by atoms with Gasteiger partial charge in [-0.05, 0) is 17.2 Å². The Bertz CT molecular complexity index is 1010. The van der Waals surface area contributed by atoms with Crippen molar-refractivity contribution in [2.75, 3.05) is 5.32 Å². The lowest BCUT2D eigenvalue weighted by Crippen LogP contribution is -2.25. The number of benzene rings is 3. The predicted octanol–water partition coefficient (Wildman–Crippen LogP) is 4.17. The van der Waals surface area contributed by atoms with Gasteiger partial charge in [-0.25, -0.2) is 0 Å². The Hall–Kier alpha value is -3.20. The van der Waals surface area contributed by atoms with E-state index in [1.807, 2.05) is 84.9 Å².